The molecule has 0 saturated heterocycles. The number of benzene rings is 2. The number of halogens is 3. The van der Waals surface area contributed by atoms with Gasteiger partial charge in [-0.05, 0) is 49.2 Å². The molecular weight excluding hydrogens is 369 g/mol. The summed E-state index contributed by atoms with van der Waals surface area (Å²) in [5, 5.41) is 5.29. The lowest BCUT2D eigenvalue weighted by atomic mass is 10.1. The Bertz CT molecular complexity index is 981. The van der Waals surface area contributed by atoms with Crippen molar-refractivity contribution in [2.45, 2.75) is 20.0 Å². The summed E-state index contributed by atoms with van der Waals surface area (Å²) in [6, 6.07) is 10.7. The minimum absolute atomic E-state index is 0.0420. The van der Waals surface area contributed by atoms with E-state index in [1.54, 1.807) is 0 Å². The van der Waals surface area contributed by atoms with E-state index in [-0.39, 0.29) is 17.2 Å². The summed E-state index contributed by atoms with van der Waals surface area (Å²) in [6.07, 6.45) is -2.00. The predicted octanol–water partition coefficient (Wildman–Crippen LogP) is 5.11. The van der Waals surface area contributed by atoms with Crippen LogP contribution in [0.1, 0.15) is 27.0 Å². The Morgan fingerprint density at radius 2 is 1.57 bits per heavy atom. The molecule has 3 rings (SSSR count). The lowest BCUT2D eigenvalue weighted by Crippen LogP contribution is -2.14. The van der Waals surface area contributed by atoms with Gasteiger partial charge in [-0.15, -0.1) is 0 Å². The number of alkyl halides is 3. The van der Waals surface area contributed by atoms with E-state index in [9.17, 15) is 18.0 Å². The summed E-state index contributed by atoms with van der Waals surface area (Å²) in [5.74, 6) is -0.452. The molecule has 0 aliphatic rings. The molecule has 2 N–H and O–H groups in total. The lowest BCUT2D eigenvalue weighted by Gasteiger charge is -2.13. The zero-order valence-electron chi connectivity index (χ0n) is 15.1. The topological polar surface area (TPSA) is 66.9 Å². The molecule has 3 aromatic rings. The SMILES string of the molecule is Cc1cc(C)cc(NC(=O)c2cnc(Nc3ccccc3C(F)(F)F)nc2)c1. The van der Waals surface area contributed by atoms with Gasteiger partial charge in [-0.3, -0.25) is 4.79 Å². The molecular formula is C20H17F3N4O. The highest BCUT2D eigenvalue weighted by Crippen LogP contribution is 2.35. The average Bonchev–Trinajstić information content (AvgIpc) is 2.61. The highest BCUT2D eigenvalue weighted by molar-refractivity contribution is 6.04. The van der Waals surface area contributed by atoms with Crippen LogP contribution in [0.5, 0.6) is 0 Å². The van der Waals surface area contributed by atoms with Crippen LogP contribution < -0.4 is 10.6 Å². The van der Waals surface area contributed by atoms with Gasteiger partial charge in [0, 0.05) is 18.1 Å². The molecule has 0 radical (unpaired) electrons. The highest BCUT2D eigenvalue weighted by atomic mass is 19.4. The summed E-state index contributed by atoms with van der Waals surface area (Å²) < 4.78 is 39.2. The van der Waals surface area contributed by atoms with Crippen molar-refractivity contribution < 1.29 is 18.0 Å². The number of amides is 1. The van der Waals surface area contributed by atoms with E-state index < -0.39 is 17.6 Å². The maximum Gasteiger partial charge on any atom is 0.418 e. The number of hydrogen-bond donors (Lipinski definition) is 2. The van der Waals surface area contributed by atoms with Crippen molar-refractivity contribution in [3.05, 3.63) is 77.1 Å². The predicted molar refractivity (Wildman–Crippen MR) is 101 cm³/mol. The number of hydrogen-bond acceptors (Lipinski definition) is 4. The molecule has 0 aliphatic heterocycles. The van der Waals surface area contributed by atoms with Crippen LogP contribution in [0.15, 0.2) is 54.9 Å². The van der Waals surface area contributed by atoms with Gasteiger partial charge in [0.15, 0.2) is 0 Å². The second-order valence-corrected chi connectivity index (χ2v) is 6.29. The van der Waals surface area contributed by atoms with Crippen LogP contribution in [-0.4, -0.2) is 15.9 Å². The molecule has 0 bridgehead atoms. The number of nitrogens with zero attached hydrogens (tertiary/aromatic N) is 2. The lowest BCUT2D eigenvalue weighted by molar-refractivity contribution is -0.136. The van der Waals surface area contributed by atoms with Crippen LogP contribution in [-0.2, 0) is 6.18 Å². The number of carbonyl (C=O) groups is 1. The van der Waals surface area contributed by atoms with Gasteiger partial charge in [0.05, 0.1) is 16.8 Å². The van der Waals surface area contributed by atoms with E-state index in [0.717, 1.165) is 17.2 Å². The molecule has 0 spiro atoms. The number of aryl methyl sites for hydroxylation is 2. The van der Waals surface area contributed by atoms with Gasteiger partial charge in [-0.25, -0.2) is 9.97 Å². The number of nitrogens with one attached hydrogen (secondary N) is 2. The Balaban J connectivity index is 1.74. The third-order valence-corrected chi connectivity index (χ3v) is 3.87. The second kappa shape index (κ2) is 7.67. The molecule has 0 fully saturated rings. The van der Waals surface area contributed by atoms with E-state index in [4.69, 9.17) is 0 Å². The van der Waals surface area contributed by atoms with E-state index in [1.165, 1.54) is 30.6 Å². The van der Waals surface area contributed by atoms with E-state index in [0.29, 0.717) is 5.69 Å². The van der Waals surface area contributed by atoms with Crippen LogP contribution in [0.4, 0.5) is 30.5 Å². The molecule has 0 aliphatic carbocycles. The smallest absolute Gasteiger partial charge is 0.324 e. The standard InChI is InChI=1S/C20H17F3N4O/c1-12-7-13(2)9-15(8-12)26-18(28)14-10-24-19(25-11-14)27-17-6-4-3-5-16(17)20(21,22)23/h3-11H,1-2H3,(H,26,28)(H,24,25,27). The normalized spacial score (nSPS) is 11.2. The van der Waals surface area contributed by atoms with Crippen LogP contribution in [0.2, 0.25) is 0 Å². The van der Waals surface area contributed by atoms with E-state index in [1.807, 2.05) is 32.0 Å². The van der Waals surface area contributed by atoms with Crippen molar-refractivity contribution in [1.82, 2.24) is 9.97 Å². The number of anilines is 3. The summed E-state index contributed by atoms with van der Waals surface area (Å²) in [7, 11) is 0. The first kappa shape index (κ1) is 19.3. The third-order valence-electron chi connectivity index (χ3n) is 3.87. The number of para-hydroxylation sites is 1. The number of carbonyl (C=O) groups excluding carboxylic acids is 1. The zero-order chi connectivity index (χ0) is 20.3. The molecule has 8 heteroatoms. The Hall–Kier alpha value is -3.42. The Morgan fingerprint density at radius 3 is 2.18 bits per heavy atom. The minimum atomic E-state index is -4.50. The quantitative estimate of drug-likeness (QED) is 0.654. The fraction of sp³-hybridized carbons (Fsp3) is 0.150. The second-order valence-electron chi connectivity index (χ2n) is 6.29. The fourth-order valence-corrected chi connectivity index (χ4v) is 2.72. The fourth-order valence-electron chi connectivity index (χ4n) is 2.72. The van der Waals surface area contributed by atoms with Crippen LogP contribution >= 0.6 is 0 Å². The number of aromatic nitrogens is 2. The van der Waals surface area contributed by atoms with E-state index in [2.05, 4.69) is 20.6 Å². The maximum absolute atomic E-state index is 13.1. The molecule has 0 saturated carbocycles. The van der Waals surface area contributed by atoms with Crippen molar-refractivity contribution in [3.63, 3.8) is 0 Å². The summed E-state index contributed by atoms with van der Waals surface area (Å²) in [5.41, 5.74) is 1.86. The summed E-state index contributed by atoms with van der Waals surface area (Å²) in [4.78, 5) is 20.2. The van der Waals surface area contributed by atoms with Gasteiger partial charge in [-0.1, -0.05) is 18.2 Å². The zero-order valence-corrected chi connectivity index (χ0v) is 15.1. The monoisotopic (exact) mass is 386 g/mol. The Kier molecular flexibility index (Phi) is 5.30. The first-order valence-corrected chi connectivity index (χ1v) is 8.37. The molecule has 1 heterocycles. The van der Waals surface area contributed by atoms with Gasteiger partial charge in [0.25, 0.3) is 5.91 Å². The highest BCUT2D eigenvalue weighted by Gasteiger charge is 2.33. The van der Waals surface area contributed by atoms with Crippen molar-refractivity contribution in [3.8, 4) is 0 Å². The Morgan fingerprint density at radius 1 is 0.964 bits per heavy atom. The molecule has 144 valence electrons. The van der Waals surface area contributed by atoms with Crippen LogP contribution in [0.25, 0.3) is 0 Å². The number of rotatable bonds is 4. The summed E-state index contributed by atoms with van der Waals surface area (Å²) >= 11 is 0. The van der Waals surface area contributed by atoms with Gasteiger partial charge in [-0.2, -0.15) is 13.2 Å². The van der Waals surface area contributed by atoms with Gasteiger partial charge in [0.2, 0.25) is 5.95 Å². The molecule has 2 aromatic carbocycles. The van der Waals surface area contributed by atoms with Gasteiger partial charge in [0.1, 0.15) is 0 Å². The van der Waals surface area contributed by atoms with Gasteiger partial charge >= 0.3 is 6.18 Å². The largest absolute Gasteiger partial charge is 0.418 e. The molecule has 28 heavy (non-hydrogen) atoms. The van der Waals surface area contributed by atoms with E-state index >= 15 is 0 Å². The van der Waals surface area contributed by atoms with Crippen LogP contribution in [0, 0.1) is 13.8 Å². The third kappa shape index (κ3) is 4.64. The molecule has 0 unspecified atom stereocenters. The molecule has 0 atom stereocenters. The van der Waals surface area contributed by atoms with Crippen molar-refractivity contribution in [2.75, 3.05) is 10.6 Å². The average molecular weight is 386 g/mol. The Labute approximate surface area is 159 Å². The maximum atomic E-state index is 13.1. The van der Waals surface area contributed by atoms with Gasteiger partial charge < -0.3 is 10.6 Å². The minimum Gasteiger partial charge on any atom is -0.324 e. The van der Waals surface area contributed by atoms with Crippen molar-refractivity contribution in [2.24, 2.45) is 0 Å². The molecule has 5 nitrogen and oxygen atoms in total. The van der Waals surface area contributed by atoms with Crippen molar-refractivity contribution in [1.29, 1.82) is 0 Å². The molecule has 1 amide bonds. The first-order chi connectivity index (χ1) is 13.2. The molecule has 1 aromatic heterocycles. The first-order valence-electron chi connectivity index (χ1n) is 8.37. The van der Waals surface area contributed by atoms with Crippen molar-refractivity contribution >= 4 is 23.2 Å². The summed E-state index contributed by atoms with van der Waals surface area (Å²) in [6.45, 7) is 3.84. The van der Waals surface area contributed by atoms with Crippen LogP contribution in [0.3, 0.4) is 0 Å².